The highest BCUT2D eigenvalue weighted by Crippen LogP contribution is 2.07. The Balaban J connectivity index is 4.83. The quantitative estimate of drug-likeness (QED) is 0.449. The van der Waals surface area contributed by atoms with Crippen molar-refractivity contribution in [3.63, 3.8) is 0 Å². The van der Waals surface area contributed by atoms with E-state index in [-0.39, 0.29) is 5.84 Å². The Morgan fingerprint density at radius 2 is 1.90 bits per heavy atom. The third kappa shape index (κ3) is 9.66. The number of amidine groups is 1. The van der Waals surface area contributed by atoms with Gasteiger partial charge in [-0.15, -0.1) is 0 Å². The van der Waals surface area contributed by atoms with Gasteiger partial charge in [0.05, 0.1) is 11.6 Å². The first-order valence-corrected chi connectivity index (χ1v) is 7.84. The minimum absolute atomic E-state index is 0.0607. The Morgan fingerprint density at radius 3 is 2.29 bits per heavy atom. The summed E-state index contributed by atoms with van der Waals surface area (Å²) in [5.74, 6) is -2.88. The van der Waals surface area contributed by atoms with Crippen LogP contribution in [0.4, 0.5) is 4.79 Å². The highest BCUT2D eigenvalue weighted by atomic mass is 32.2. The molecule has 21 heavy (non-hydrogen) atoms. The molecule has 122 valence electrons. The van der Waals surface area contributed by atoms with Crippen LogP contribution in [0.1, 0.15) is 27.7 Å². The lowest BCUT2D eigenvalue weighted by molar-refractivity contribution is -0.138. The Bertz CT molecular complexity index is 517. The topological polar surface area (TPSA) is 148 Å². The third-order valence-corrected chi connectivity index (χ3v) is 3.28. The molecule has 0 aromatic rings. The molecule has 9 nitrogen and oxygen atoms in total. The lowest BCUT2D eigenvalue weighted by atomic mass is 10.2. The van der Waals surface area contributed by atoms with Gasteiger partial charge in [0.1, 0.15) is 17.5 Å². The molecule has 0 fully saturated rings. The molecule has 4 N–H and O–H groups in total. The summed E-state index contributed by atoms with van der Waals surface area (Å²) in [5, 5.41) is 11.0. The minimum Gasteiger partial charge on any atom is -0.480 e. The first-order valence-electron chi connectivity index (χ1n) is 6.01. The molecule has 0 aliphatic rings. The Kier molecular flexibility index (Phi) is 6.61. The van der Waals surface area contributed by atoms with Crippen molar-refractivity contribution in [1.29, 1.82) is 0 Å². The molecule has 0 bridgehead atoms. The van der Waals surface area contributed by atoms with Crippen LogP contribution in [0.3, 0.4) is 0 Å². The molecule has 0 saturated heterocycles. The van der Waals surface area contributed by atoms with Crippen molar-refractivity contribution in [2.45, 2.75) is 39.3 Å². The van der Waals surface area contributed by atoms with Crippen LogP contribution in [0.5, 0.6) is 0 Å². The van der Waals surface area contributed by atoms with E-state index in [1.165, 1.54) is 6.92 Å². The number of nitrogens with one attached hydrogen (secondary N) is 1. The number of carboxylic acid groups (broad SMARTS) is 1. The van der Waals surface area contributed by atoms with Crippen molar-refractivity contribution in [2.75, 3.05) is 11.6 Å². The summed E-state index contributed by atoms with van der Waals surface area (Å²) in [4.78, 5) is 26.0. The molecule has 0 spiro atoms. The Hall–Kier alpha value is -1.84. The van der Waals surface area contributed by atoms with Gasteiger partial charge < -0.3 is 20.9 Å². The highest BCUT2D eigenvalue weighted by molar-refractivity contribution is 7.91. The molecule has 0 aliphatic carbocycles. The number of nitrogens with zero attached hydrogens (tertiary/aromatic N) is 1. The van der Waals surface area contributed by atoms with Gasteiger partial charge in [-0.05, 0) is 27.7 Å². The van der Waals surface area contributed by atoms with Crippen LogP contribution >= 0.6 is 0 Å². The number of carboxylic acids is 1. The number of aliphatic imine (C=N–C) groups is 1. The predicted molar refractivity (Wildman–Crippen MR) is 76.7 cm³/mol. The second-order valence-corrected chi connectivity index (χ2v) is 7.45. The van der Waals surface area contributed by atoms with E-state index in [1.807, 2.05) is 5.32 Å². The molecule has 0 radical (unpaired) electrons. The standard InChI is InChI=1S/C11H21N3O6S/c1-7(12)13-6-21(18,19)5-8(9(15)16)14-10(17)20-11(2,3)4/h8H,5-6H2,1-4H3,(H2,12,13)(H,14,17)(H,15,16). The van der Waals surface area contributed by atoms with E-state index in [1.54, 1.807) is 20.8 Å². The fourth-order valence-corrected chi connectivity index (χ4v) is 2.37. The second kappa shape index (κ2) is 7.25. The number of carbonyl (C=O) groups excluding carboxylic acids is 1. The smallest absolute Gasteiger partial charge is 0.408 e. The summed E-state index contributed by atoms with van der Waals surface area (Å²) in [6, 6.07) is -1.63. The zero-order valence-corrected chi connectivity index (χ0v) is 13.2. The fourth-order valence-electron chi connectivity index (χ4n) is 1.13. The first kappa shape index (κ1) is 19.2. The lowest BCUT2D eigenvalue weighted by Gasteiger charge is -2.21. The van der Waals surface area contributed by atoms with E-state index < -0.39 is 45.2 Å². The normalized spacial score (nSPS) is 14.4. The maximum atomic E-state index is 11.7. The van der Waals surface area contributed by atoms with Crippen molar-refractivity contribution < 1.29 is 27.9 Å². The Labute approximate surface area is 123 Å². The van der Waals surface area contributed by atoms with E-state index >= 15 is 0 Å². The van der Waals surface area contributed by atoms with Crippen molar-refractivity contribution >= 4 is 27.7 Å². The average molecular weight is 323 g/mol. The summed E-state index contributed by atoms with van der Waals surface area (Å²) >= 11 is 0. The van der Waals surface area contributed by atoms with E-state index in [4.69, 9.17) is 15.6 Å². The van der Waals surface area contributed by atoms with Crippen LogP contribution in [-0.2, 0) is 19.4 Å². The number of ether oxygens (including phenoxy) is 1. The molecule has 0 heterocycles. The highest BCUT2D eigenvalue weighted by Gasteiger charge is 2.28. The number of hydrogen-bond acceptors (Lipinski definition) is 6. The van der Waals surface area contributed by atoms with Gasteiger partial charge in [0.15, 0.2) is 9.84 Å². The van der Waals surface area contributed by atoms with Crippen LogP contribution in [-0.4, -0.2) is 54.7 Å². The molecular formula is C11H21N3O6S. The van der Waals surface area contributed by atoms with Gasteiger partial charge in [-0.3, -0.25) is 4.99 Å². The summed E-state index contributed by atoms with van der Waals surface area (Å²) in [7, 11) is -3.83. The molecule has 10 heteroatoms. The van der Waals surface area contributed by atoms with Crippen molar-refractivity contribution in [1.82, 2.24) is 5.32 Å². The number of aliphatic carboxylic acids is 1. The second-order valence-electron chi connectivity index (χ2n) is 5.38. The van der Waals surface area contributed by atoms with Crippen LogP contribution in [0.15, 0.2) is 4.99 Å². The van der Waals surface area contributed by atoms with E-state index in [9.17, 15) is 18.0 Å². The molecule has 0 rings (SSSR count). The SMILES string of the molecule is C/C(N)=N\CS(=O)(=O)CC(NC(=O)OC(C)(C)C)C(=O)O. The summed E-state index contributed by atoms with van der Waals surface area (Å²) < 4.78 is 28.3. The molecule has 1 amide bonds. The maximum absolute atomic E-state index is 11.7. The number of rotatable bonds is 6. The molecule has 0 saturated carbocycles. The monoisotopic (exact) mass is 323 g/mol. The lowest BCUT2D eigenvalue weighted by Crippen LogP contribution is -2.47. The fraction of sp³-hybridized carbons (Fsp3) is 0.727. The molecule has 0 aromatic carbocycles. The third-order valence-electron chi connectivity index (χ3n) is 1.92. The zero-order valence-electron chi connectivity index (χ0n) is 12.4. The average Bonchev–Trinajstić information content (AvgIpc) is 2.22. The van der Waals surface area contributed by atoms with Gasteiger partial charge in [0.2, 0.25) is 0 Å². The van der Waals surface area contributed by atoms with Gasteiger partial charge >= 0.3 is 12.1 Å². The molecule has 1 unspecified atom stereocenters. The van der Waals surface area contributed by atoms with E-state index in [2.05, 4.69) is 4.99 Å². The molecule has 0 aliphatic heterocycles. The van der Waals surface area contributed by atoms with Crippen LogP contribution < -0.4 is 11.1 Å². The molecular weight excluding hydrogens is 302 g/mol. The minimum atomic E-state index is -3.83. The number of nitrogens with two attached hydrogens (primary N) is 1. The predicted octanol–water partition coefficient (Wildman–Crippen LogP) is -0.286. The van der Waals surface area contributed by atoms with Gasteiger partial charge in [0, 0.05) is 0 Å². The first-order chi connectivity index (χ1) is 9.32. The zero-order chi connectivity index (χ0) is 16.8. The van der Waals surface area contributed by atoms with Crippen LogP contribution in [0.25, 0.3) is 0 Å². The van der Waals surface area contributed by atoms with Gasteiger partial charge in [-0.2, -0.15) is 0 Å². The number of sulfone groups is 1. The summed E-state index contributed by atoms with van der Waals surface area (Å²) in [6.45, 7) is 6.19. The van der Waals surface area contributed by atoms with Crippen molar-refractivity contribution in [2.24, 2.45) is 10.7 Å². The number of alkyl carbamates (subject to hydrolysis) is 1. The van der Waals surface area contributed by atoms with Crippen molar-refractivity contribution in [3.05, 3.63) is 0 Å². The van der Waals surface area contributed by atoms with Gasteiger partial charge in [-0.25, -0.2) is 18.0 Å². The Morgan fingerprint density at radius 1 is 1.38 bits per heavy atom. The van der Waals surface area contributed by atoms with Crippen LogP contribution in [0.2, 0.25) is 0 Å². The van der Waals surface area contributed by atoms with Crippen LogP contribution in [0, 0.1) is 0 Å². The summed E-state index contributed by atoms with van der Waals surface area (Å²) in [5.41, 5.74) is 4.39. The largest absolute Gasteiger partial charge is 0.480 e. The maximum Gasteiger partial charge on any atom is 0.408 e. The number of hydrogen-bond donors (Lipinski definition) is 3. The summed E-state index contributed by atoms with van der Waals surface area (Å²) in [6.07, 6.45) is -1.01. The van der Waals surface area contributed by atoms with E-state index in [0.717, 1.165) is 0 Å². The van der Waals surface area contributed by atoms with Crippen molar-refractivity contribution in [3.8, 4) is 0 Å². The number of carbonyl (C=O) groups is 2. The number of amides is 1. The van der Waals surface area contributed by atoms with E-state index in [0.29, 0.717) is 0 Å². The molecule has 1 atom stereocenters. The van der Waals surface area contributed by atoms with Gasteiger partial charge in [-0.1, -0.05) is 0 Å². The molecule has 0 aromatic heterocycles. The van der Waals surface area contributed by atoms with Gasteiger partial charge in [0.25, 0.3) is 0 Å².